The molecule has 1 N–H and O–H groups in total. The Labute approximate surface area is 222 Å². The van der Waals surface area contributed by atoms with Gasteiger partial charge in [-0.2, -0.15) is 13.2 Å². The van der Waals surface area contributed by atoms with Crippen LogP contribution >= 0.6 is 0 Å². The summed E-state index contributed by atoms with van der Waals surface area (Å²) in [6.07, 6.45) is -2.95. The lowest BCUT2D eigenvalue weighted by Gasteiger charge is -2.48. The van der Waals surface area contributed by atoms with E-state index < -0.39 is 12.1 Å². The number of benzene rings is 2. The number of carbonyl (C=O) groups excluding carboxylic acids is 1. The molecule has 208 valence electrons. The number of rotatable bonds is 3. The number of halogens is 4. The summed E-state index contributed by atoms with van der Waals surface area (Å²) in [4.78, 5) is 26.2. The molecule has 39 heavy (non-hydrogen) atoms. The number of likely N-dealkylation sites (N-methyl/N-ethyl adjacent to an activating group) is 1. The average molecular weight is 548 g/mol. The number of nitrogens with zero attached hydrogens (tertiary/aromatic N) is 5. The van der Waals surface area contributed by atoms with Gasteiger partial charge in [-0.3, -0.25) is 9.69 Å². The summed E-state index contributed by atoms with van der Waals surface area (Å²) in [7, 11) is 2.10. The lowest BCUT2D eigenvalue weighted by molar-refractivity contribution is -0.192. The number of carboxylic acids is 1. The summed E-state index contributed by atoms with van der Waals surface area (Å²) < 4.78 is 47.5. The van der Waals surface area contributed by atoms with E-state index in [0.29, 0.717) is 19.5 Å². The van der Waals surface area contributed by atoms with Gasteiger partial charge in [0.1, 0.15) is 11.6 Å². The maximum atomic E-state index is 13.5. The number of fused-ring (bicyclic) bond motifs is 2. The predicted molar refractivity (Wildman–Crippen MR) is 134 cm³/mol. The maximum absolute atomic E-state index is 13.5. The molecule has 12 heteroatoms. The topological polar surface area (TPSA) is 91.6 Å². The van der Waals surface area contributed by atoms with Gasteiger partial charge in [-0.25, -0.2) is 9.18 Å². The van der Waals surface area contributed by atoms with Crippen molar-refractivity contribution in [3.05, 3.63) is 71.3 Å². The number of aryl methyl sites for hydroxylation is 1. The van der Waals surface area contributed by atoms with Crippen LogP contribution in [0.5, 0.6) is 0 Å². The lowest BCUT2D eigenvalue weighted by atomic mass is 9.84. The molecule has 2 aliphatic rings. The number of hydrogen-bond donors (Lipinski definition) is 1. The van der Waals surface area contributed by atoms with Crippen LogP contribution in [-0.4, -0.2) is 74.4 Å². The van der Waals surface area contributed by atoms with Crippen molar-refractivity contribution in [2.45, 2.75) is 44.4 Å². The molecule has 0 aliphatic carbocycles. The van der Waals surface area contributed by atoms with Gasteiger partial charge >= 0.3 is 12.1 Å². The maximum Gasteiger partial charge on any atom is 0.490 e. The van der Waals surface area contributed by atoms with Gasteiger partial charge in [-0.05, 0) is 62.2 Å². The van der Waals surface area contributed by atoms with Crippen LogP contribution in [0.2, 0.25) is 0 Å². The normalized spacial score (nSPS) is 16.8. The standard InChI is InChI=1S/C25H28FN5O.C2HF3O2/c1-18-5-3-4-6-20(18)15-23(32)30-13-11-25(12-14-30)17-29(2)16-22-27-28-24(31(22)25)19-7-9-21(26)10-8-19;3-2(4,5)1(6)7/h3-10H,11-17H2,1-2H3;(H,6,7). The smallest absolute Gasteiger partial charge is 0.475 e. The predicted octanol–water partition coefficient (Wildman–Crippen LogP) is 4.03. The molecule has 1 amide bonds. The molecule has 0 bridgehead atoms. The molecule has 2 aliphatic heterocycles. The van der Waals surface area contributed by atoms with E-state index in [2.05, 4.69) is 39.7 Å². The molecule has 0 saturated carbocycles. The van der Waals surface area contributed by atoms with E-state index in [1.54, 1.807) is 12.1 Å². The van der Waals surface area contributed by atoms with E-state index in [9.17, 15) is 22.4 Å². The number of aliphatic carboxylic acids is 1. The van der Waals surface area contributed by atoms with E-state index in [4.69, 9.17) is 9.90 Å². The van der Waals surface area contributed by atoms with Crippen molar-refractivity contribution in [2.75, 3.05) is 26.7 Å². The summed E-state index contributed by atoms with van der Waals surface area (Å²) in [5, 5.41) is 16.1. The SMILES string of the molecule is Cc1ccccc1CC(=O)N1CCC2(CC1)CN(C)Cc1nnc(-c3ccc(F)cc3)n12.O=C(O)C(F)(F)F. The van der Waals surface area contributed by atoms with E-state index in [-0.39, 0.29) is 17.3 Å². The van der Waals surface area contributed by atoms with Crippen molar-refractivity contribution in [1.82, 2.24) is 24.6 Å². The second-order valence-corrected chi connectivity index (χ2v) is 9.97. The van der Waals surface area contributed by atoms with Crippen LogP contribution in [0.1, 0.15) is 29.8 Å². The van der Waals surface area contributed by atoms with Gasteiger partial charge < -0.3 is 14.6 Å². The van der Waals surface area contributed by atoms with Gasteiger partial charge in [0, 0.05) is 25.2 Å². The third-order valence-corrected chi connectivity index (χ3v) is 7.17. The van der Waals surface area contributed by atoms with Crippen LogP contribution in [0.25, 0.3) is 11.4 Å². The molecule has 0 radical (unpaired) electrons. The first kappa shape index (κ1) is 28.2. The van der Waals surface area contributed by atoms with E-state index in [1.807, 2.05) is 23.1 Å². The highest BCUT2D eigenvalue weighted by molar-refractivity contribution is 5.79. The highest BCUT2D eigenvalue weighted by Gasteiger charge is 2.44. The minimum absolute atomic E-state index is 0.172. The molecule has 1 saturated heterocycles. The van der Waals surface area contributed by atoms with Crippen LogP contribution in [0, 0.1) is 12.7 Å². The minimum Gasteiger partial charge on any atom is -0.475 e. The fourth-order valence-corrected chi connectivity index (χ4v) is 5.21. The minimum atomic E-state index is -5.08. The number of carbonyl (C=O) groups is 2. The van der Waals surface area contributed by atoms with E-state index >= 15 is 0 Å². The third-order valence-electron chi connectivity index (χ3n) is 7.17. The van der Waals surface area contributed by atoms with Gasteiger partial charge in [0.15, 0.2) is 5.82 Å². The Bertz CT molecular complexity index is 1330. The van der Waals surface area contributed by atoms with Crippen molar-refractivity contribution in [3.63, 3.8) is 0 Å². The van der Waals surface area contributed by atoms with E-state index in [1.165, 1.54) is 12.1 Å². The van der Waals surface area contributed by atoms with Gasteiger partial charge in [0.05, 0.1) is 18.5 Å². The average Bonchev–Trinajstić information content (AvgIpc) is 3.31. The van der Waals surface area contributed by atoms with Crippen LogP contribution < -0.4 is 0 Å². The molecule has 3 aromatic rings. The summed E-state index contributed by atoms with van der Waals surface area (Å²) in [6.45, 7) is 5.08. The summed E-state index contributed by atoms with van der Waals surface area (Å²) >= 11 is 0. The lowest BCUT2D eigenvalue weighted by Crippen LogP contribution is -2.56. The number of hydrogen-bond acceptors (Lipinski definition) is 5. The number of piperidine rings is 1. The van der Waals surface area contributed by atoms with Crippen LogP contribution in [0.3, 0.4) is 0 Å². The summed E-state index contributed by atoms with van der Waals surface area (Å²) in [5.41, 5.74) is 2.94. The molecular formula is C27H29F4N5O3. The summed E-state index contributed by atoms with van der Waals surface area (Å²) in [6, 6.07) is 14.5. The molecule has 1 fully saturated rings. The highest BCUT2D eigenvalue weighted by Crippen LogP contribution is 2.39. The highest BCUT2D eigenvalue weighted by atomic mass is 19.4. The second kappa shape index (κ2) is 11.1. The number of likely N-dealkylation sites (tertiary alicyclic amines) is 1. The molecule has 2 aromatic carbocycles. The number of aromatic nitrogens is 3. The Balaban J connectivity index is 0.000000448. The number of amides is 1. The zero-order chi connectivity index (χ0) is 28.4. The molecule has 1 aromatic heterocycles. The first-order valence-electron chi connectivity index (χ1n) is 12.4. The molecule has 5 rings (SSSR count). The largest absolute Gasteiger partial charge is 0.490 e. The van der Waals surface area contributed by atoms with Crippen molar-refractivity contribution < 1.29 is 32.3 Å². The Morgan fingerprint density at radius 2 is 1.64 bits per heavy atom. The van der Waals surface area contributed by atoms with Gasteiger partial charge in [-0.1, -0.05) is 24.3 Å². The Morgan fingerprint density at radius 3 is 2.23 bits per heavy atom. The van der Waals surface area contributed by atoms with Crippen molar-refractivity contribution in [2.24, 2.45) is 0 Å². The second-order valence-electron chi connectivity index (χ2n) is 9.97. The van der Waals surface area contributed by atoms with Crippen molar-refractivity contribution >= 4 is 11.9 Å². The Morgan fingerprint density at radius 1 is 1.03 bits per heavy atom. The van der Waals surface area contributed by atoms with Crippen LogP contribution in [-0.2, 0) is 28.1 Å². The third kappa shape index (κ3) is 6.27. The fourth-order valence-electron chi connectivity index (χ4n) is 5.21. The quantitative estimate of drug-likeness (QED) is 0.498. The van der Waals surface area contributed by atoms with Crippen LogP contribution in [0.4, 0.5) is 17.6 Å². The van der Waals surface area contributed by atoms with Crippen LogP contribution in [0.15, 0.2) is 48.5 Å². The fraction of sp³-hybridized carbons (Fsp3) is 0.407. The first-order valence-corrected chi connectivity index (χ1v) is 12.4. The zero-order valence-corrected chi connectivity index (χ0v) is 21.6. The molecule has 0 atom stereocenters. The first-order chi connectivity index (χ1) is 18.4. The van der Waals surface area contributed by atoms with Gasteiger partial charge in [-0.15, -0.1) is 10.2 Å². The Hall–Kier alpha value is -3.80. The summed E-state index contributed by atoms with van der Waals surface area (Å²) in [5.74, 6) is -1.12. The molecule has 8 nitrogen and oxygen atoms in total. The molecule has 3 heterocycles. The van der Waals surface area contributed by atoms with Gasteiger partial charge in [0.2, 0.25) is 5.91 Å². The number of carboxylic acid groups (broad SMARTS) is 1. The molecular weight excluding hydrogens is 518 g/mol. The zero-order valence-electron chi connectivity index (χ0n) is 21.6. The van der Waals surface area contributed by atoms with Gasteiger partial charge in [0.25, 0.3) is 0 Å². The monoisotopic (exact) mass is 547 g/mol. The number of alkyl halides is 3. The molecule has 0 unspecified atom stereocenters. The Kier molecular flexibility index (Phi) is 8.05. The van der Waals surface area contributed by atoms with Crippen molar-refractivity contribution in [3.8, 4) is 11.4 Å². The van der Waals surface area contributed by atoms with Crippen molar-refractivity contribution in [1.29, 1.82) is 0 Å². The molecule has 1 spiro atoms. The van der Waals surface area contributed by atoms with E-state index in [0.717, 1.165) is 54.3 Å².